The zero-order valence-electron chi connectivity index (χ0n) is 11.5. The summed E-state index contributed by atoms with van der Waals surface area (Å²) in [4.78, 5) is 0. The van der Waals surface area contributed by atoms with Crippen LogP contribution in [-0.4, -0.2) is 14.5 Å². The summed E-state index contributed by atoms with van der Waals surface area (Å²) in [6, 6.07) is 19.4. The fourth-order valence-corrected chi connectivity index (χ4v) is 5.05. The van der Waals surface area contributed by atoms with Gasteiger partial charge in [0.2, 0.25) is 0 Å². The van der Waals surface area contributed by atoms with Crippen molar-refractivity contribution in [2.24, 2.45) is 0 Å². The van der Waals surface area contributed by atoms with Gasteiger partial charge in [0.15, 0.2) is 0 Å². The molecule has 1 heterocycles. The molecule has 0 spiro atoms. The molecular weight excluding hydrogens is 331 g/mol. The Morgan fingerprint density at radius 3 is 2.05 bits per heavy atom. The summed E-state index contributed by atoms with van der Waals surface area (Å²) in [6.07, 6.45) is 0. The summed E-state index contributed by atoms with van der Waals surface area (Å²) < 4.78 is 2.65. The Balaban J connectivity index is 2.08. The first-order valence-corrected chi connectivity index (χ1v) is 8.66. The van der Waals surface area contributed by atoms with Crippen LogP contribution in [0.2, 0.25) is 5.02 Å². The summed E-state index contributed by atoms with van der Waals surface area (Å²) in [7, 11) is 0. The van der Waals surface area contributed by atoms with Gasteiger partial charge in [0.25, 0.3) is 0 Å². The molecule has 0 fully saturated rings. The van der Waals surface area contributed by atoms with Crippen molar-refractivity contribution in [3.05, 3.63) is 70.7 Å². The first kappa shape index (κ1) is 13.7. The summed E-state index contributed by atoms with van der Waals surface area (Å²) in [5.74, 6) is 0. The topological polar surface area (TPSA) is 0 Å². The van der Waals surface area contributed by atoms with Crippen LogP contribution >= 0.6 is 11.6 Å². The monoisotopic (exact) mass is 346 g/mol. The predicted octanol–water partition coefficient (Wildman–Crippen LogP) is 5.35. The molecule has 0 atom stereocenters. The summed E-state index contributed by atoms with van der Waals surface area (Å²) in [5.41, 5.74) is 5.12. The Morgan fingerprint density at radius 2 is 1.40 bits per heavy atom. The minimum atomic E-state index is 0.276. The van der Waals surface area contributed by atoms with Crippen molar-refractivity contribution in [1.29, 1.82) is 0 Å². The van der Waals surface area contributed by atoms with E-state index >= 15 is 0 Å². The maximum absolute atomic E-state index is 6.47. The molecule has 0 aliphatic rings. The average molecular weight is 346 g/mol. The molecule has 0 saturated heterocycles. The van der Waals surface area contributed by atoms with Gasteiger partial charge in [-0.15, -0.1) is 0 Å². The van der Waals surface area contributed by atoms with E-state index in [0.717, 1.165) is 5.02 Å². The van der Waals surface area contributed by atoms with Gasteiger partial charge in [0, 0.05) is 0 Å². The molecule has 3 aromatic rings. The van der Waals surface area contributed by atoms with Crippen LogP contribution in [0.5, 0.6) is 0 Å². The molecule has 2 heteroatoms. The number of rotatable bonds is 2. The Hall–Kier alpha value is -1.27. The Morgan fingerprint density at radius 1 is 0.800 bits per heavy atom. The van der Waals surface area contributed by atoms with Crippen molar-refractivity contribution in [3.8, 4) is 20.0 Å². The average Bonchev–Trinajstić information content (AvgIpc) is 2.81. The molecule has 0 unspecified atom stereocenters. The molecule has 0 aliphatic carbocycles. The van der Waals surface area contributed by atoms with Crippen LogP contribution in [0.4, 0.5) is 0 Å². The van der Waals surface area contributed by atoms with Gasteiger partial charge in [-0.05, 0) is 0 Å². The molecular formula is C18H15ClSe. The number of halogens is 1. The van der Waals surface area contributed by atoms with E-state index < -0.39 is 0 Å². The van der Waals surface area contributed by atoms with Crippen LogP contribution in [0.1, 0.15) is 11.1 Å². The normalized spacial score (nSPS) is 10.8. The number of hydrogen-bond donors (Lipinski definition) is 0. The van der Waals surface area contributed by atoms with Crippen LogP contribution in [-0.2, 0) is 0 Å². The van der Waals surface area contributed by atoms with E-state index in [-0.39, 0.29) is 14.5 Å². The molecule has 1 aromatic heterocycles. The van der Waals surface area contributed by atoms with E-state index in [1.54, 1.807) is 0 Å². The van der Waals surface area contributed by atoms with E-state index in [4.69, 9.17) is 11.6 Å². The van der Waals surface area contributed by atoms with Crippen LogP contribution in [0.15, 0.2) is 54.6 Å². The summed E-state index contributed by atoms with van der Waals surface area (Å²) in [6.45, 7) is 4.25. The molecule has 3 rings (SSSR count). The third kappa shape index (κ3) is 2.76. The molecule has 0 N–H and O–H groups in total. The predicted molar refractivity (Wildman–Crippen MR) is 88.7 cm³/mol. The number of hydrogen-bond acceptors (Lipinski definition) is 0. The van der Waals surface area contributed by atoms with Crippen molar-refractivity contribution >= 4 is 26.1 Å². The van der Waals surface area contributed by atoms with Gasteiger partial charge in [-0.3, -0.25) is 0 Å². The molecule has 0 nitrogen and oxygen atoms in total. The number of aryl methyl sites for hydroxylation is 2. The van der Waals surface area contributed by atoms with E-state index in [1.165, 1.54) is 31.1 Å². The quantitative estimate of drug-likeness (QED) is 0.549. The first-order chi connectivity index (χ1) is 9.63. The molecule has 0 amide bonds. The second-order valence-corrected chi connectivity index (χ2v) is 7.64. The van der Waals surface area contributed by atoms with Gasteiger partial charge in [-0.2, -0.15) is 0 Å². The van der Waals surface area contributed by atoms with Crippen LogP contribution in [0.25, 0.3) is 20.0 Å². The number of benzene rings is 2. The van der Waals surface area contributed by atoms with Crippen LogP contribution in [0, 0.1) is 13.8 Å². The zero-order valence-corrected chi connectivity index (χ0v) is 14.0. The van der Waals surface area contributed by atoms with E-state index in [9.17, 15) is 0 Å². The van der Waals surface area contributed by atoms with Gasteiger partial charge in [-0.25, -0.2) is 0 Å². The van der Waals surface area contributed by atoms with Gasteiger partial charge < -0.3 is 0 Å². The Bertz CT molecular complexity index is 756. The molecule has 0 aliphatic heterocycles. The van der Waals surface area contributed by atoms with Crippen LogP contribution < -0.4 is 0 Å². The molecule has 0 radical (unpaired) electrons. The summed E-state index contributed by atoms with van der Waals surface area (Å²) >= 11 is 6.74. The molecule has 0 saturated carbocycles. The molecule has 100 valence electrons. The first-order valence-electron chi connectivity index (χ1n) is 6.57. The Labute approximate surface area is 130 Å². The third-order valence-electron chi connectivity index (χ3n) is 3.27. The third-order valence-corrected chi connectivity index (χ3v) is 6.41. The van der Waals surface area contributed by atoms with Gasteiger partial charge in [0.1, 0.15) is 0 Å². The van der Waals surface area contributed by atoms with E-state index in [0.29, 0.717) is 0 Å². The maximum atomic E-state index is 6.47. The molecule has 20 heavy (non-hydrogen) atoms. The Kier molecular flexibility index (Phi) is 3.85. The standard InChI is InChI=1S/C18H15ClSe/c1-12-5-3-7-14(9-12)17-11-16(19)18(20-17)15-8-4-6-13(2)10-15/h3-11H,1-2H3. The minimum absolute atomic E-state index is 0.276. The van der Waals surface area contributed by atoms with Crippen molar-refractivity contribution in [1.82, 2.24) is 0 Å². The van der Waals surface area contributed by atoms with Crippen molar-refractivity contribution in [2.75, 3.05) is 0 Å². The van der Waals surface area contributed by atoms with E-state index in [1.807, 2.05) is 0 Å². The van der Waals surface area contributed by atoms with Crippen molar-refractivity contribution in [2.45, 2.75) is 13.8 Å². The van der Waals surface area contributed by atoms with Gasteiger partial charge in [-0.1, -0.05) is 0 Å². The molecule has 2 aromatic carbocycles. The fraction of sp³-hybridized carbons (Fsp3) is 0.111. The van der Waals surface area contributed by atoms with E-state index in [2.05, 4.69) is 68.4 Å². The zero-order chi connectivity index (χ0) is 14.1. The van der Waals surface area contributed by atoms with Gasteiger partial charge >= 0.3 is 131 Å². The SMILES string of the molecule is Cc1cccc(-c2cc(Cl)c(-c3cccc(C)c3)[se]2)c1. The summed E-state index contributed by atoms with van der Waals surface area (Å²) in [5, 5.41) is 0.895. The second kappa shape index (κ2) is 5.61. The molecule has 0 bridgehead atoms. The van der Waals surface area contributed by atoms with Crippen LogP contribution in [0.3, 0.4) is 0 Å². The van der Waals surface area contributed by atoms with Crippen molar-refractivity contribution in [3.63, 3.8) is 0 Å². The fourth-order valence-electron chi connectivity index (χ4n) is 2.29. The second-order valence-electron chi connectivity index (χ2n) is 5.03. The van der Waals surface area contributed by atoms with Crippen molar-refractivity contribution < 1.29 is 0 Å². The van der Waals surface area contributed by atoms with Gasteiger partial charge in [0.05, 0.1) is 0 Å².